The first-order chi connectivity index (χ1) is 5.37. The van der Waals surface area contributed by atoms with Crippen LogP contribution in [0.3, 0.4) is 0 Å². The number of aliphatic carboxylic acids is 1. The van der Waals surface area contributed by atoms with E-state index in [1.165, 1.54) is 0 Å². The maximum Gasteiger partial charge on any atom is 0.373 e. The first kappa shape index (κ1) is 14.7. The topological polar surface area (TPSA) is 88.5 Å². The van der Waals surface area contributed by atoms with Gasteiger partial charge in [0.15, 0.2) is 0 Å². The largest absolute Gasteiger partial charge is 0.475 e. The van der Waals surface area contributed by atoms with Gasteiger partial charge in [-0.3, -0.25) is 14.4 Å². The summed E-state index contributed by atoms with van der Waals surface area (Å²) in [5.41, 5.74) is 0. The molecule has 0 atom stereocenters. The van der Waals surface area contributed by atoms with Crippen LogP contribution in [-0.2, 0) is 40.2 Å². The van der Waals surface area contributed by atoms with E-state index in [0.717, 1.165) is 13.8 Å². The number of ketones is 3. The molecule has 13 heavy (non-hydrogen) atoms. The Morgan fingerprint density at radius 2 is 1.31 bits per heavy atom. The van der Waals surface area contributed by atoms with E-state index < -0.39 is 29.2 Å². The summed E-state index contributed by atoms with van der Waals surface area (Å²) in [6.07, 6.45) is 0. The van der Waals surface area contributed by atoms with Crippen LogP contribution in [-0.4, -0.2) is 28.4 Å². The van der Waals surface area contributed by atoms with Crippen LogP contribution in [0.5, 0.6) is 0 Å². The molecule has 0 radical (unpaired) electrons. The third-order valence-corrected chi connectivity index (χ3v) is 1.29. The van der Waals surface area contributed by atoms with Gasteiger partial charge in [0.2, 0.25) is 0 Å². The maximum atomic E-state index is 10.7. The molecule has 0 bridgehead atoms. The van der Waals surface area contributed by atoms with Crippen molar-refractivity contribution in [2.75, 3.05) is 0 Å². The third-order valence-electron chi connectivity index (χ3n) is 1.29. The van der Waals surface area contributed by atoms with Crippen molar-refractivity contribution < 1.29 is 45.3 Å². The molecule has 0 aromatic rings. The van der Waals surface area contributed by atoms with Gasteiger partial charge in [-0.05, 0) is 13.8 Å². The number of hydrogen-bond donors (Lipinski definition) is 1. The van der Waals surface area contributed by atoms with Crippen molar-refractivity contribution in [2.24, 2.45) is 5.92 Å². The van der Waals surface area contributed by atoms with Crippen molar-refractivity contribution in [1.82, 2.24) is 0 Å². The molecule has 0 aliphatic rings. The molecule has 0 aromatic heterocycles. The zero-order chi connectivity index (χ0) is 9.89. The standard InChI is InChI=1S/C7H8O5.Mo/c1-3(8)5(4(2)9)6(10)7(11)12;/h5H,1-2H3,(H,11,12);. The van der Waals surface area contributed by atoms with Crippen molar-refractivity contribution in [3.05, 3.63) is 0 Å². The SMILES string of the molecule is CC(=O)C(C(C)=O)C(=O)C(=O)O.[Mo]. The number of hydrogen-bond acceptors (Lipinski definition) is 4. The van der Waals surface area contributed by atoms with Crippen LogP contribution < -0.4 is 0 Å². The van der Waals surface area contributed by atoms with E-state index in [2.05, 4.69) is 0 Å². The minimum atomic E-state index is -1.76. The summed E-state index contributed by atoms with van der Waals surface area (Å²) in [5, 5.41) is 8.20. The molecule has 0 saturated carbocycles. The van der Waals surface area contributed by atoms with Gasteiger partial charge >= 0.3 is 5.97 Å². The molecule has 0 fully saturated rings. The fraction of sp³-hybridized carbons (Fsp3) is 0.429. The molecule has 0 heterocycles. The van der Waals surface area contributed by atoms with Crippen LogP contribution in [0.2, 0.25) is 0 Å². The molecule has 0 spiro atoms. The van der Waals surface area contributed by atoms with E-state index in [1.54, 1.807) is 0 Å². The van der Waals surface area contributed by atoms with Crippen molar-refractivity contribution in [3.8, 4) is 0 Å². The van der Waals surface area contributed by atoms with Crippen LogP contribution >= 0.6 is 0 Å². The van der Waals surface area contributed by atoms with E-state index in [0.29, 0.717) is 0 Å². The van der Waals surface area contributed by atoms with Crippen LogP contribution in [0.4, 0.5) is 0 Å². The van der Waals surface area contributed by atoms with E-state index in [4.69, 9.17) is 5.11 Å². The number of Topliss-reactive ketones (excluding diaryl/α,β-unsaturated/α-hetero) is 3. The zero-order valence-electron chi connectivity index (χ0n) is 7.07. The maximum absolute atomic E-state index is 10.7. The van der Waals surface area contributed by atoms with Gasteiger partial charge in [-0.15, -0.1) is 0 Å². The minimum Gasteiger partial charge on any atom is -0.475 e. The first-order valence-corrected chi connectivity index (χ1v) is 3.16. The van der Waals surface area contributed by atoms with E-state index in [1.807, 2.05) is 0 Å². The Morgan fingerprint density at radius 1 is 1.00 bits per heavy atom. The molecule has 72 valence electrons. The smallest absolute Gasteiger partial charge is 0.373 e. The quantitative estimate of drug-likeness (QED) is 0.419. The normalized spacial score (nSPS) is 8.85. The van der Waals surface area contributed by atoms with E-state index in [-0.39, 0.29) is 21.1 Å². The van der Waals surface area contributed by atoms with E-state index >= 15 is 0 Å². The summed E-state index contributed by atoms with van der Waals surface area (Å²) in [6.45, 7) is 2.01. The molecular weight excluding hydrogens is 260 g/mol. The van der Waals surface area contributed by atoms with Crippen LogP contribution in [0, 0.1) is 5.92 Å². The summed E-state index contributed by atoms with van der Waals surface area (Å²) >= 11 is 0. The second-order valence-corrected chi connectivity index (χ2v) is 2.32. The molecular formula is C7H8MoO5. The molecule has 0 rings (SSSR count). The monoisotopic (exact) mass is 270 g/mol. The van der Waals surface area contributed by atoms with Gasteiger partial charge in [0.05, 0.1) is 0 Å². The fourth-order valence-electron chi connectivity index (χ4n) is 0.779. The summed E-state index contributed by atoms with van der Waals surface area (Å²) in [6, 6.07) is 0. The molecule has 0 saturated heterocycles. The van der Waals surface area contributed by atoms with Gasteiger partial charge in [-0.1, -0.05) is 0 Å². The zero-order valence-corrected chi connectivity index (χ0v) is 9.07. The van der Waals surface area contributed by atoms with Gasteiger partial charge in [0.25, 0.3) is 5.78 Å². The first-order valence-electron chi connectivity index (χ1n) is 3.16. The Bertz CT molecular complexity index is 244. The average molecular weight is 268 g/mol. The molecule has 0 aliphatic heterocycles. The molecule has 0 aromatic carbocycles. The summed E-state index contributed by atoms with van der Waals surface area (Å²) < 4.78 is 0. The van der Waals surface area contributed by atoms with Gasteiger partial charge in [0.1, 0.15) is 17.5 Å². The number of carbonyl (C=O) groups is 4. The van der Waals surface area contributed by atoms with Crippen molar-refractivity contribution >= 4 is 23.3 Å². The van der Waals surface area contributed by atoms with Crippen LogP contribution in [0.15, 0.2) is 0 Å². The number of carboxylic acid groups (broad SMARTS) is 1. The molecule has 0 amide bonds. The molecule has 0 aliphatic carbocycles. The predicted octanol–water partition coefficient (Wildman–Crippen LogP) is -0.568. The predicted molar refractivity (Wildman–Crippen MR) is 37.5 cm³/mol. The second-order valence-electron chi connectivity index (χ2n) is 2.32. The molecule has 0 unspecified atom stereocenters. The van der Waals surface area contributed by atoms with Crippen LogP contribution in [0.25, 0.3) is 0 Å². The average Bonchev–Trinajstić information content (AvgIpc) is 1.85. The van der Waals surface area contributed by atoms with Crippen LogP contribution in [0.1, 0.15) is 13.8 Å². The fourth-order valence-corrected chi connectivity index (χ4v) is 0.779. The van der Waals surface area contributed by atoms with Crippen molar-refractivity contribution in [3.63, 3.8) is 0 Å². The number of rotatable bonds is 4. The minimum absolute atomic E-state index is 0. The Labute approximate surface area is 88.8 Å². The van der Waals surface area contributed by atoms with Gasteiger partial charge in [-0.25, -0.2) is 4.79 Å². The van der Waals surface area contributed by atoms with Crippen molar-refractivity contribution in [2.45, 2.75) is 13.8 Å². The Hall–Kier alpha value is -0.832. The van der Waals surface area contributed by atoms with E-state index in [9.17, 15) is 19.2 Å². The summed E-state index contributed by atoms with van der Waals surface area (Å²) in [4.78, 5) is 42.0. The molecule has 5 nitrogen and oxygen atoms in total. The van der Waals surface area contributed by atoms with Crippen molar-refractivity contribution in [1.29, 1.82) is 0 Å². The second kappa shape index (κ2) is 5.75. The third kappa shape index (κ3) is 4.08. The molecule has 1 N–H and O–H groups in total. The summed E-state index contributed by atoms with van der Waals surface area (Å²) in [5.74, 6) is -6.24. The van der Waals surface area contributed by atoms with Gasteiger partial charge in [-0.2, -0.15) is 0 Å². The summed E-state index contributed by atoms with van der Waals surface area (Å²) in [7, 11) is 0. The Morgan fingerprint density at radius 3 is 1.38 bits per heavy atom. The van der Waals surface area contributed by atoms with Gasteiger partial charge in [0, 0.05) is 21.1 Å². The number of carbonyl (C=O) groups excluding carboxylic acids is 3. The Balaban J connectivity index is 0. The van der Waals surface area contributed by atoms with Gasteiger partial charge < -0.3 is 5.11 Å². The number of carboxylic acids is 1. The Kier molecular flexibility index (Phi) is 6.50. The molecule has 6 heteroatoms.